The number of rotatable bonds is 3. The number of nitrogens with zero attached hydrogens (tertiary/aromatic N) is 5. The molecular weight excluding hydrogens is 442 g/mol. The Morgan fingerprint density at radius 1 is 0.639 bits per heavy atom. The molecule has 36 heavy (non-hydrogen) atoms. The Bertz CT molecular complexity index is 1690. The first-order valence-electron chi connectivity index (χ1n) is 12.1. The van der Waals surface area contributed by atoms with Crippen molar-refractivity contribution < 1.29 is 0 Å². The van der Waals surface area contributed by atoms with Gasteiger partial charge in [-0.2, -0.15) is 0 Å². The van der Waals surface area contributed by atoms with E-state index in [2.05, 4.69) is 70.8 Å². The number of hydrogen-bond acceptors (Lipinski definition) is 4. The van der Waals surface area contributed by atoms with Crippen molar-refractivity contribution in [1.82, 2.24) is 24.5 Å². The minimum Gasteiger partial charge on any atom is -0.312 e. The summed E-state index contributed by atoms with van der Waals surface area (Å²) in [5.41, 5.74) is 10.00. The molecule has 1 aliphatic carbocycles. The van der Waals surface area contributed by atoms with E-state index in [0.29, 0.717) is 0 Å². The van der Waals surface area contributed by atoms with Crippen molar-refractivity contribution in [2.24, 2.45) is 0 Å². The molecule has 0 spiro atoms. The Morgan fingerprint density at radius 2 is 1.28 bits per heavy atom. The summed E-state index contributed by atoms with van der Waals surface area (Å²) in [4.78, 5) is 19.0. The lowest BCUT2D eigenvalue weighted by atomic mass is 9.86. The van der Waals surface area contributed by atoms with E-state index in [1.54, 1.807) is 12.4 Å². The first-order chi connectivity index (χ1) is 17.6. The lowest BCUT2D eigenvalue weighted by Crippen LogP contribution is -2.20. The van der Waals surface area contributed by atoms with Crippen LogP contribution in [0.1, 0.15) is 25.1 Å². The molecule has 5 heterocycles. The summed E-state index contributed by atoms with van der Waals surface area (Å²) in [7, 11) is 0. The maximum atomic E-state index is 4.98. The van der Waals surface area contributed by atoms with Gasteiger partial charge in [0.15, 0.2) is 0 Å². The van der Waals surface area contributed by atoms with Crippen LogP contribution in [0.2, 0.25) is 0 Å². The highest BCUT2D eigenvalue weighted by Crippen LogP contribution is 2.52. The highest BCUT2D eigenvalue weighted by molar-refractivity contribution is 6.02. The van der Waals surface area contributed by atoms with E-state index in [1.165, 1.54) is 22.2 Å². The first kappa shape index (κ1) is 20.7. The van der Waals surface area contributed by atoms with Crippen LogP contribution in [0.25, 0.3) is 50.6 Å². The van der Waals surface area contributed by atoms with Crippen molar-refractivity contribution in [2.75, 3.05) is 0 Å². The first-order valence-corrected chi connectivity index (χ1v) is 12.1. The fourth-order valence-corrected chi connectivity index (χ4v) is 5.51. The molecular formula is C31H23N5. The Morgan fingerprint density at radius 3 is 1.94 bits per heavy atom. The fourth-order valence-electron chi connectivity index (χ4n) is 5.51. The second-order valence-corrected chi connectivity index (χ2v) is 9.63. The predicted molar refractivity (Wildman–Crippen MR) is 143 cm³/mol. The molecule has 0 bridgehead atoms. The van der Waals surface area contributed by atoms with Gasteiger partial charge in [-0.25, -0.2) is 4.98 Å². The Kier molecular flexibility index (Phi) is 4.42. The second-order valence-electron chi connectivity index (χ2n) is 9.63. The van der Waals surface area contributed by atoms with Crippen molar-refractivity contribution in [3.63, 3.8) is 0 Å². The van der Waals surface area contributed by atoms with Gasteiger partial charge in [0, 0.05) is 40.6 Å². The zero-order valence-electron chi connectivity index (χ0n) is 20.1. The van der Waals surface area contributed by atoms with Crippen LogP contribution in [0.15, 0.2) is 104 Å². The van der Waals surface area contributed by atoms with Crippen molar-refractivity contribution >= 4 is 10.9 Å². The Balaban J connectivity index is 1.58. The summed E-state index contributed by atoms with van der Waals surface area (Å²) in [5, 5.41) is 1.20. The van der Waals surface area contributed by atoms with E-state index in [0.717, 1.165) is 39.7 Å². The third kappa shape index (κ3) is 2.96. The van der Waals surface area contributed by atoms with Gasteiger partial charge in [0.2, 0.25) is 0 Å². The van der Waals surface area contributed by atoms with Gasteiger partial charge >= 0.3 is 0 Å². The molecule has 5 heteroatoms. The zero-order chi connectivity index (χ0) is 24.3. The summed E-state index contributed by atoms with van der Waals surface area (Å²) in [6.45, 7) is 4.57. The maximum Gasteiger partial charge on any atom is 0.0915 e. The van der Waals surface area contributed by atoms with Crippen LogP contribution in [0.4, 0.5) is 0 Å². The molecule has 0 radical (unpaired) electrons. The van der Waals surface area contributed by atoms with Crippen molar-refractivity contribution in [1.29, 1.82) is 0 Å². The van der Waals surface area contributed by atoms with Gasteiger partial charge in [0.1, 0.15) is 0 Å². The van der Waals surface area contributed by atoms with E-state index in [9.17, 15) is 0 Å². The number of pyridine rings is 4. The average molecular weight is 466 g/mol. The summed E-state index contributed by atoms with van der Waals surface area (Å²) in [5.74, 6) is 0. The van der Waals surface area contributed by atoms with Gasteiger partial charge in [-0.1, -0.05) is 50.2 Å². The quantitative estimate of drug-likeness (QED) is 0.287. The number of fused-ring (bicyclic) bond motifs is 5. The predicted octanol–water partition coefficient (Wildman–Crippen LogP) is 6.85. The van der Waals surface area contributed by atoms with E-state index >= 15 is 0 Å². The van der Waals surface area contributed by atoms with Crippen LogP contribution in [0.3, 0.4) is 0 Å². The second kappa shape index (κ2) is 7.68. The number of hydrogen-bond donors (Lipinski definition) is 0. The monoisotopic (exact) mass is 465 g/mol. The molecule has 0 saturated carbocycles. The molecule has 0 amide bonds. The van der Waals surface area contributed by atoms with Crippen LogP contribution in [-0.2, 0) is 5.41 Å². The maximum absolute atomic E-state index is 4.98. The third-order valence-corrected chi connectivity index (χ3v) is 7.11. The average Bonchev–Trinajstić information content (AvgIpc) is 3.40. The van der Waals surface area contributed by atoms with Gasteiger partial charge < -0.3 is 4.57 Å². The minimum atomic E-state index is -0.225. The van der Waals surface area contributed by atoms with Crippen LogP contribution in [0, 0.1) is 0 Å². The lowest BCUT2D eigenvalue weighted by Gasteiger charge is -2.24. The molecule has 0 aliphatic heterocycles. The summed E-state index contributed by atoms with van der Waals surface area (Å²) in [6, 6.07) is 28.9. The van der Waals surface area contributed by atoms with Crippen molar-refractivity contribution in [3.05, 3.63) is 115 Å². The highest BCUT2D eigenvalue weighted by Gasteiger charge is 2.41. The van der Waals surface area contributed by atoms with E-state index in [4.69, 9.17) is 9.97 Å². The van der Waals surface area contributed by atoms with E-state index < -0.39 is 0 Å². The van der Waals surface area contributed by atoms with Crippen molar-refractivity contribution in [3.8, 4) is 39.7 Å². The molecule has 1 aliphatic rings. The number of benzene rings is 1. The molecule has 0 atom stereocenters. The molecule has 0 unspecified atom stereocenters. The standard InChI is InChI=1S/C31H23N5/c1-31(2)22-11-9-17-34-29(22)28-21-10-3-4-14-27(21)36(30(28)31)20-18-25(23-12-5-7-15-32-23)35-26(19-20)24-13-6-8-16-33-24/h3-19H,1-2H3. The van der Waals surface area contributed by atoms with Crippen LogP contribution in [-0.4, -0.2) is 24.5 Å². The topological polar surface area (TPSA) is 56.5 Å². The van der Waals surface area contributed by atoms with Gasteiger partial charge in [-0.3, -0.25) is 15.0 Å². The molecule has 0 saturated heterocycles. The Hall–Kier alpha value is -4.64. The fraction of sp³-hybridized carbons (Fsp3) is 0.0968. The van der Waals surface area contributed by atoms with Gasteiger partial charge in [0.25, 0.3) is 0 Å². The van der Waals surface area contributed by atoms with Crippen LogP contribution < -0.4 is 0 Å². The van der Waals surface area contributed by atoms with E-state index in [-0.39, 0.29) is 5.41 Å². The molecule has 5 aromatic heterocycles. The Labute approximate surface area is 209 Å². The molecule has 5 nitrogen and oxygen atoms in total. The third-order valence-electron chi connectivity index (χ3n) is 7.11. The van der Waals surface area contributed by atoms with Gasteiger partial charge in [-0.15, -0.1) is 0 Å². The summed E-state index contributed by atoms with van der Waals surface area (Å²) >= 11 is 0. The molecule has 172 valence electrons. The van der Waals surface area contributed by atoms with E-state index in [1.807, 2.05) is 48.7 Å². The van der Waals surface area contributed by atoms with Crippen LogP contribution in [0.5, 0.6) is 0 Å². The molecule has 0 N–H and O–H groups in total. The summed E-state index contributed by atoms with van der Waals surface area (Å²) < 4.78 is 2.38. The molecule has 6 aromatic rings. The lowest BCUT2D eigenvalue weighted by molar-refractivity contribution is 0.622. The van der Waals surface area contributed by atoms with Crippen LogP contribution >= 0.6 is 0 Å². The number of aromatic nitrogens is 5. The SMILES string of the molecule is CC1(C)c2cccnc2-c2c1n(-c1cc(-c3ccccn3)nc(-c3ccccn3)c1)c1ccccc21. The van der Waals surface area contributed by atoms with Gasteiger partial charge in [-0.05, 0) is 54.1 Å². The molecule has 1 aromatic carbocycles. The zero-order valence-corrected chi connectivity index (χ0v) is 20.1. The highest BCUT2D eigenvalue weighted by atomic mass is 15.0. The smallest absolute Gasteiger partial charge is 0.0915 e. The largest absolute Gasteiger partial charge is 0.312 e. The number of para-hydroxylation sites is 1. The van der Waals surface area contributed by atoms with Gasteiger partial charge in [0.05, 0.1) is 39.7 Å². The molecule has 0 fully saturated rings. The molecule has 7 rings (SSSR count). The summed E-state index contributed by atoms with van der Waals surface area (Å²) in [6.07, 6.45) is 5.50. The minimum absolute atomic E-state index is 0.225. The normalized spacial score (nSPS) is 13.5. The van der Waals surface area contributed by atoms with Crippen molar-refractivity contribution in [2.45, 2.75) is 19.3 Å².